The molecule has 114 valence electrons. The van der Waals surface area contributed by atoms with Crippen LogP contribution in [0.25, 0.3) is 0 Å². The van der Waals surface area contributed by atoms with Crippen molar-refractivity contribution >= 4 is 50.5 Å². The highest BCUT2D eigenvalue weighted by atomic mass is 127. The van der Waals surface area contributed by atoms with E-state index >= 15 is 0 Å². The number of halogens is 2. The molecule has 0 N–H and O–H groups in total. The minimum atomic E-state index is -0.454. The summed E-state index contributed by atoms with van der Waals surface area (Å²) in [6.45, 7) is 1.97. The third-order valence-corrected chi connectivity index (χ3v) is 4.75. The summed E-state index contributed by atoms with van der Waals surface area (Å²) in [5.74, 6) is -0.565. The van der Waals surface area contributed by atoms with Crippen LogP contribution in [0.1, 0.15) is 26.3 Å². The van der Waals surface area contributed by atoms with Crippen molar-refractivity contribution in [1.29, 1.82) is 0 Å². The number of esters is 2. The van der Waals surface area contributed by atoms with Crippen molar-refractivity contribution in [3.63, 3.8) is 0 Å². The van der Waals surface area contributed by atoms with Gasteiger partial charge in [-0.3, -0.25) is 0 Å². The van der Waals surface area contributed by atoms with E-state index in [4.69, 9.17) is 4.74 Å². The van der Waals surface area contributed by atoms with Crippen LogP contribution in [-0.2, 0) is 4.74 Å². The molecule has 22 heavy (non-hydrogen) atoms. The second kappa shape index (κ2) is 7.23. The number of carbonyl (C=O) groups is 2. The lowest BCUT2D eigenvalue weighted by atomic mass is 10.1. The number of rotatable bonds is 3. The van der Waals surface area contributed by atoms with Crippen molar-refractivity contribution in [2.45, 2.75) is 6.92 Å². The van der Waals surface area contributed by atoms with E-state index in [1.165, 1.54) is 13.2 Å². The normalized spacial score (nSPS) is 10.2. The van der Waals surface area contributed by atoms with Crippen LogP contribution in [0.3, 0.4) is 0 Å². The molecule has 0 amide bonds. The summed E-state index contributed by atoms with van der Waals surface area (Å²) in [6, 6.07) is 10.00. The number of hydrogen-bond acceptors (Lipinski definition) is 4. The van der Waals surface area contributed by atoms with E-state index < -0.39 is 11.9 Å². The summed E-state index contributed by atoms with van der Waals surface area (Å²) >= 11 is 5.45. The molecule has 0 saturated carbocycles. The SMILES string of the molecule is COC(=O)c1ccc(OC(=O)c2ccc(C)c(I)c2)c(Br)c1. The topological polar surface area (TPSA) is 52.6 Å². The summed E-state index contributed by atoms with van der Waals surface area (Å²) in [4.78, 5) is 23.6. The number of ether oxygens (including phenoxy) is 2. The Bertz CT molecular complexity index is 743. The Labute approximate surface area is 150 Å². The molecule has 6 heteroatoms. The van der Waals surface area contributed by atoms with E-state index in [1.807, 2.05) is 13.0 Å². The van der Waals surface area contributed by atoms with Crippen LogP contribution < -0.4 is 4.74 Å². The monoisotopic (exact) mass is 474 g/mol. The highest BCUT2D eigenvalue weighted by Crippen LogP contribution is 2.27. The summed E-state index contributed by atoms with van der Waals surface area (Å²) in [5.41, 5.74) is 1.94. The number of aryl methyl sites for hydroxylation is 1. The minimum absolute atomic E-state index is 0.341. The first-order valence-corrected chi connectivity index (χ1v) is 8.15. The maximum atomic E-state index is 12.2. The third-order valence-electron chi connectivity index (χ3n) is 2.96. The third kappa shape index (κ3) is 3.86. The molecule has 0 atom stereocenters. The number of benzene rings is 2. The number of methoxy groups -OCH3 is 1. The lowest BCUT2D eigenvalue weighted by Gasteiger charge is -2.08. The van der Waals surface area contributed by atoms with Gasteiger partial charge in [0.2, 0.25) is 0 Å². The molecule has 0 saturated heterocycles. The van der Waals surface area contributed by atoms with Gasteiger partial charge in [0.15, 0.2) is 0 Å². The predicted molar refractivity (Wildman–Crippen MR) is 94.3 cm³/mol. The molecule has 0 bridgehead atoms. The Balaban J connectivity index is 2.21. The smallest absolute Gasteiger partial charge is 0.343 e. The van der Waals surface area contributed by atoms with E-state index in [-0.39, 0.29) is 0 Å². The van der Waals surface area contributed by atoms with Gasteiger partial charge >= 0.3 is 11.9 Å². The Hall–Kier alpha value is -1.41. The standard InChI is InChI=1S/C16H12BrIO4/c1-9-3-4-11(8-13(9)18)16(20)22-14-6-5-10(7-12(14)17)15(19)21-2/h3-8H,1-2H3. The molecule has 0 heterocycles. The molecule has 0 fully saturated rings. The van der Waals surface area contributed by atoms with Crippen molar-refractivity contribution in [2.24, 2.45) is 0 Å². The zero-order chi connectivity index (χ0) is 16.3. The molecule has 0 aromatic heterocycles. The van der Waals surface area contributed by atoms with E-state index in [1.54, 1.807) is 24.3 Å². The Morgan fingerprint density at radius 2 is 1.68 bits per heavy atom. The van der Waals surface area contributed by atoms with Gasteiger partial charge in [-0.05, 0) is 81.3 Å². The molecular weight excluding hydrogens is 463 g/mol. The van der Waals surface area contributed by atoms with Crippen LogP contribution in [0, 0.1) is 10.5 Å². The highest BCUT2D eigenvalue weighted by Gasteiger charge is 2.14. The maximum Gasteiger partial charge on any atom is 0.343 e. The van der Waals surface area contributed by atoms with Gasteiger partial charge in [0, 0.05) is 3.57 Å². The maximum absolute atomic E-state index is 12.2. The lowest BCUT2D eigenvalue weighted by Crippen LogP contribution is -2.10. The molecule has 4 nitrogen and oxygen atoms in total. The fourth-order valence-corrected chi connectivity index (χ4v) is 2.68. The van der Waals surface area contributed by atoms with Gasteiger partial charge in [0.25, 0.3) is 0 Å². The number of hydrogen-bond donors (Lipinski definition) is 0. The van der Waals surface area contributed by atoms with Crippen LogP contribution in [-0.4, -0.2) is 19.0 Å². The summed E-state index contributed by atoms with van der Waals surface area (Å²) < 4.78 is 11.5. The average molecular weight is 475 g/mol. The lowest BCUT2D eigenvalue weighted by molar-refractivity contribution is 0.0600. The molecule has 0 radical (unpaired) electrons. The van der Waals surface area contributed by atoms with E-state index in [0.717, 1.165) is 9.13 Å². The van der Waals surface area contributed by atoms with Gasteiger partial charge in [-0.25, -0.2) is 9.59 Å². The van der Waals surface area contributed by atoms with E-state index in [0.29, 0.717) is 21.3 Å². The first-order chi connectivity index (χ1) is 10.4. The van der Waals surface area contributed by atoms with Gasteiger partial charge in [-0.1, -0.05) is 6.07 Å². The molecular formula is C16H12BrIO4. The fourth-order valence-electron chi connectivity index (χ4n) is 1.71. The molecule has 0 aliphatic rings. The second-order valence-electron chi connectivity index (χ2n) is 4.49. The molecule has 2 aromatic carbocycles. The van der Waals surface area contributed by atoms with E-state index in [2.05, 4.69) is 43.3 Å². The zero-order valence-electron chi connectivity index (χ0n) is 11.9. The zero-order valence-corrected chi connectivity index (χ0v) is 15.6. The molecule has 2 aromatic rings. The average Bonchev–Trinajstić information content (AvgIpc) is 2.51. The van der Waals surface area contributed by atoms with Gasteiger partial charge in [-0.2, -0.15) is 0 Å². The molecule has 0 spiro atoms. The molecule has 2 rings (SSSR count). The van der Waals surface area contributed by atoms with Gasteiger partial charge in [0.05, 0.1) is 22.7 Å². The largest absolute Gasteiger partial charge is 0.465 e. The first kappa shape index (κ1) is 17.0. The van der Waals surface area contributed by atoms with E-state index in [9.17, 15) is 9.59 Å². The van der Waals surface area contributed by atoms with Crippen LogP contribution in [0.2, 0.25) is 0 Å². The van der Waals surface area contributed by atoms with Crippen molar-refractivity contribution in [2.75, 3.05) is 7.11 Å². The van der Waals surface area contributed by atoms with Crippen molar-refractivity contribution < 1.29 is 19.1 Å². The van der Waals surface area contributed by atoms with Gasteiger partial charge < -0.3 is 9.47 Å². The first-order valence-electron chi connectivity index (χ1n) is 6.28. The second-order valence-corrected chi connectivity index (χ2v) is 6.51. The fraction of sp³-hybridized carbons (Fsp3) is 0.125. The highest BCUT2D eigenvalue weighted by molar-refractivity contribution is 14.1. The Morgan fingerprint density at radius 3 is 2.27 bits per heavy atom. The van der Waals surface area contributed by atoms with Crippen LogP contribution in [0.5, 0.6) is 5.75 Å². The predicted octanol–water partition coefficient (Wildman–Crippen LogP) is 4.37. The van der Waals surface area contributed by atoms with Crippen molar-refractivity contribution in [3.05, 3.63) is 61.1 Å². The summed E-state index contributed by atoms with van der Waals surface area (Å²) in [5, 5.41) is 0. The van der Waals surface area contributed by atoms with Crippen LogP contribution >= 0.6 is 38.5 Å². The minimum Gasteiger partial charge on any atom is -0.465 e. The van der Waals surface area contributed by atoms with Crippen molar-refractivity contribution in [3.8, 4) is 5.75 Å². The van der Waals surface area contributed by atoms with Gasteiger partial charge in [0.1, 0.15) is 5.75 Å². The van der Waals surface area contributed by atoms with Crippen LogP contribution in [0.15, 0.2) is 40.9 Å². The van der Waals surface area contributed by atoms with Crippen LogP contribution in [0.4, 0.5) is 0 Å². The van der Waals surface area contributed by atoms with Gasteiger partial charge in [-0.15, -0.1) is 0 Å². The Morgan fingerprint density at radius 1 is 1.05 bits per heavy atom. The molecule has 0 aliphatic carbocycles. The van der Waals surface area contributed by atoms with Crippen molar-refractivity contribution in [1.82, 2.24) is 0 Å². The quantitative estimate of drug-likeness (QED) is 0.376. The molecule has 0 aliphatic heterocycles. The number of carbonyl (C=O) groups excluding carboxylic acids is 2. The summed E-state index contributed by atoms with van der Waals surface area (Å²) in [6.07, 6.45) is 0. The summed E-state index contributed by atoms with van der Waals surface area (Å²) in [7, 11) is 1.31. The molecule has 0 unspecified atom stereocenters. The Kier molecular flexibility index (Phi) is 5.57.